The first kappa shape index (κ1) is 47.2. The van der Waals surface area contributed by atoms with Crippen molar-refractivity contribution in [1.82, 2.24) is 0 Å². The topological polar surface area (TPSA) is 78.9 Å². The largest absolute Gasteiger partial charge is 0.474 e. The highest BCUT2D eigenvalue weighted by Gasteiger charge is 2.57. The van der Waals surface area contributed by atoms with Gasteiger partial charge < -0.3 is 14.2 Å². The Balaban J connectivity index is 1.34. The molecular formula is C63H72O6. The zero-order valence-corrected chi connectivity index (χ0v) is 44.5. The molecular weight excluding hydrogens is 853 g/mol. The number of hydrogen-bond donors (Lipinski definition) is 0. The number of ketones is 3. The summed E-state index contributed by atoms with van der Waals surface area (Å²) in [6.07, 6.45) is 12.8. The van der Waals surface area contributed by atoms with Crippen LogP contribution in [0, 0.1) is 16.2 Å². The number of hydrogen-bond acceptors (Lipinski definition) is 6. The third-order valence-corrected chi connectivity index (χ3v) is 15.7. The molecule has 3 aromatic rings. The maximum absolute atomic E-state index is 16.1. The third kappa shape index (κ3) is 7.26. The van der Waals surface area contributed by atoms with Crippen molar-refractivity contribution < 1.29 is 28.6 Å². The van der Waals surface area contributed by atoms with E-state index >= 15 is 14.4 Å². The van der Waals surface area contributed by atoms with Crippen LogP contribution in [-0.4, -0.2) is 34.2 Å². The fraction of sp³-hybridized carbons (Fsp3) is 0.476. The van der Waals surface area contributed by atoms with Gasteiger partial charge in [0.2, 0.25) is 17.3 Å². The molecule has 3 unspecified atom stereocenters. The fourth-order valence-electron chi connectivity index (χ4n) is 11.2. The molecule has 0 amide bonds. The molecule has 7 aliphatic rings. The lowest BCUT2D eigenvalue weighted by Gasteiger charge is -2.38. The lowest BCUT2D eigenvalue weighted by atomic mass is 9.68. The Bertz CT molecular complexity index is 3090. The molecule has 6 nitrogen and oxygen atoms in total. The SMILES string of the molecule is CC(C)(C)C1=CC23Cc4cc(C(C)(C)C)cc(c4O2)C2=CC(C(C)(C)C)=CC4(Cc5cc(C(C)(C)C)cc(c5O4)-c4cc(C(C)(C)C)cc5c4OC4(C=C(C(C)(C)C)C=C(C4=O)C(=C1)C3=O)C5)C2=O. The number of benzene rings is 3. The number of Topliss-reactive ketones (excluding diaryl/α,β-unsaturated/α-hetero) is 3. The quantitative estimate of drug-likeness (QED) is 0.223. The van der Waals surface area contributed by atoms with Crippen molar-refractivity contribution in [3.63, 3.8) is 0 Å². The minimum atomic E-state index is -1.49. The van der Waals surface area contributed by atoms with Gasteiger partial charge in [-0.25, -0.2) is 0 Å². The summed E-state index contributed by atoms with van der Waals surface area (Å²) in [5.74, 6) is 1.11. The van der Waals surface area contributed by atoms with E-state index in [1.54, 1.807) is 0 Å². The zero-order valence-electron chi connectivity index (χ0n) is 44.5. The Morgan fingerprint density at radius 3 is 0.899 bits per heavy atom. The summed E-state index contributed by atoms with van der Waals surface area (Å²) in [5.41, 5.74) is 5.79. The van der Waals surface area contributed by atoms with Crippen LogP contribution >= 0.6 is 0 Å². The van der Waals surface area contributed by atoms with E-state index < -0.39 is 27.6 Å². The number of rotatable bonds is 0. The lowest BCUT2D eigenvalue weighted by Crippen LogP contribution is -2.49. The molecule has 69 heavy (non-hydrogen) atoms. The van der Waals surface area contributed by atoms with E-state index in [1.165, 1.54) is 0 Å². The zero-order chi connectivity index (χ0) is 50.4. The van der Waals surface area contributed by atoms with E-state index in [9.17, 15) is 0 Å². The average Bonchev–Trinajstić information content (AvgIpc) is 3.89. The molecule has 360 valence electrons. The van der Waals surface area contributed by atoms with Gasteiger partial charge in [0, 0.05) is 52.7 Å². The van der Waals surface area contributed by atoms with Crippen molar-refractivity contribution in [2.75, 3.05) is 0 Å². The maximum atomic E-state index is 16.1. The summed E-state index contributed by atoms with van der Waals surface area (Å²) < 4.78 is 22.2. The maximum Gasteiger partial charge on any atom is 0.211 e. The van der Waals surface area contributed by atoms with Gasteiger partial charge in [0.05, 0.1) is 0 Å². The average molecular weight is 925 g/mol. The van der Waals surface area contributed by atoms with Gasteiger partial charge in [-0.15, -0.1) is 0 Å². The molecule has 3 aliphatic carbocycles. The highest BCUT2D eigenvalue weighted by atomic mass is 16.5. The van der Waals surface area contributed by atoms with E-state index in [1.807, 2.05) is 30.4 Å². The van der Waals surface area contributed by atoms with E-state index in [4.69, 9.17) is 14.2 Å². The van der Waals surface area contributed by atoms with E-state index in [-0.39, 0.29) is 51.9 Å². The van der Waals surface area contributed by atoms with Gasteiger partial charge in [0.15, 0.2) is 16.8 Å². The van der Waals surface area contributed by atoms with Crippen molar-refractivity contribution in [2.45, 2.75) is 177 Å². The number of carbonyl (C=O) groups excluding carboxylic acids is 3. The van der Waals surface area contributed by atoms with Crippen LogP contribution in [0.15, 0.2) is 101 Å². The van der Waals surface area contributed by atoms with Gasteiger partial charge in [-0.3, -0.25) is 14.4 Å². The van der Waals surface area contributed by atoms with Crippen LogP contribution in [0.1, 0.15) is 164 Å². The van der Waals surface area contributed by atoms with Crippen LogP contribution in [0.5, 0.6) is 17.2 Å². The second-order valence-electron chi connectivity index (χ2n) is 27.5. The monoisotopic (exact) mass is 925 g/mol. The van der Waals surface area contributed by atoms with Gasteiger partial charge in [-0.1, -0.05) is 143 Å². The van der Waals surface area contributed by atoms with Crippen LogP contribution in [-0.2, 0) is 49.9 Å². The number of carbonyl (C=O) groups is 3. The Morgan fingerprint density at radius 2 is 0.609 bits per heavy atom. The molecule has 6 heteroatoms. The molecule has 10 rings (SSSR count). The van der Waals surface area contributed by atoms with Crippen LogP contribution in [0.2, 0.25) is 0 Å². The molecule has 3 aromatic carbocycles. The highest BCUT2D eigenvalue weighted by Crippen LogP contribution is 2.57. The highest BCUT2D eigenvalue weighted by molar-refractivity contribution is 6.28. The van der Waals surface area contributed by atoms with Gasteiger partial charge in [-0.2, -0.15) is 0 Å². The normalized spacial score (nSPS) is 25.0. The second kappa shape index (κ2) is 14.1. The minimum absolute atomic E-state index is 0.149. The second-order valence-corrected chi connectivity index (χ2v) is 27.5. The van der Waals surface area contributed by atoms with Crippen molar-refractivity contribution in [1.29, 1.82) is 0 Å². The molecule has 3 spiro atoms. The summed E-state index contributed by atoms with van der Waals surface area (Å²) >= 11 is 0. The van der Waals surface area contributed by atoms with Crippen molar-refractivity contribution in [2.24, 2.45) is 16.2 Å². The number of ether oxygens (including phenoxy) is 3. The molecule has 0 fully saturated rings. The van der Waals surface area contributed by atoms with Gasteiger partial charge in [0.25, 0.3) is 0 Å². The minimum Gasteiger partial charge on any atom is -0.474 e. The number of allylic oxidation sites excluding steroid dienone is 6. The Hall–Kier alpha value is -5.49. The third-order valence-electron chi connectivity index (χ3n) is 15.7. The molecule has 0 saturated carbocycles. The Morgan fingerprint density at radius 1 is 0.348 bits per heavy atom. The lowest BCUT2D eigenvalue weighted by molar-refractivity contribution is -0.129. The Kier molecular flexibility index (Phi) is 9.65. The summed E-state index contributed by atoms with van der Waals surface area (Å²) in [7, 11) is 0. The molecule has 4 heterocycles. The molecule has 0 saturated heterocycles. The fourth-order valence-corrected chi connectivity index (χ4v) is 11.2. The van der Waals surface area contributed by atoms with Crippen LogP contribution in [0.4, 0.5) is 0 Å². The molecule has 0 aromatic heterocycles. The van der Waals surface area contributed by atoms with E-state index in [0.29, 0.717) is 46.0 Å². The van der Waals surface area contributed by atoms with Crippen molar-refractivity contribution in [3.05, 3.63) is 140 Å². The number of fused-ring (bicyclic) bond motifs is 6. The molecule has 4 aliphatic heterocycles. The van der Waals surface area contributed by atoms with Crippen LogP contribution in [0.3, 0.4) is 0 Å². The van der Waals surface area contributed by atoms with Gasteiger partial charge in [0.1, 0.15) is 17.2 Å². The summed E-state index contributed by atoms with van der Waals surface area (Å²) in [6.45, 7) is 39.1. The van der Waals surface area contributed by atoms with Crippen LogP contribution in [0.25, 0.3) is 16.7 Å². The first-order valence-corrected chi connectivity index (χ1v) is 25.1. The predicted octanol–water partition coefficient (Wildman–Crippen LogP) is 13.9. The summed E-state index contributed by atoms with van der Waals surface area (Å²) in [4.78, 5) is 48.1. The first-order chi connectivity index (χ1) is 31.5. The molecule has 0 radical (unpaired) electrons. The predicted molar refractivity (Wildman–Crippen MR) is 277 cm³/mol. The van der Waals surface area contributed by atoms with E-state index in [2.05, 4.69) is 167 Å². The summed E-state index contributed by atoms with van der Waals surface area (Å²) in [6, 6.07) is 13.1. The van der Waals surface area contributed by atoms with Crippen molar-refractivity contribution in [3.8, 4) is 28.4 Å². The van der Waals surface area contributed by atoms with Gasteiger partial charge >= 0.3 is 0 Å². The Labute approximate surface area is 411 Å². The van der Waals surface area contributed by atoms with Gasteiger partial charge in [-0.05, 0) is 137 Å². The van der Waals surface area contributed by atoms with Crippen LogP contribution < -0.4 is 14.2 Å². The molecule has 0 N–H and O–H groups in total. The van der Waals surface area contributed by atoms with E-state index in [0.717, 1.165) is 61.2 Å². The first-order valence-electron chi connectivity index (χ1n) is 25.1. The molecule has 9 bridgehead atoms. The summed E-state index contributed by atoms with van der Waals surface area (Å²) in [5, 5.41) is 0. The molecule has 3 atom stereocenters. The smallest absolute Gasteiger partial charge is 0.211 e. The standard InChI is InChI=1S/C63H72O6/c1-55(2,3)37-19-34-28-61-31-40(58(10,11)12)25-46(52(61)64)45-24-39(57(7,8)9)21-36-30-63(69-51(36)45)33-42(60(16,17)18)27-48(54(63)66)47-26-41(59(13,14)15)32-62(53(47)65)29-35-20-38(56(4,5)6)23-44(50(35)68-62)43(22-37)49(34)67-61/h19-27,31-33H,28-30H2,1-18H3. The van der Waals surface area contributed by atoms with Crippen molar-refractivity contribution >= 4 is 22.9 Å².